The lowest BCUT2D eigenvalue weighted by molar-refractivity contribution is -0.0714. The minimum absolute atomic E-state index is 0.157. The molecule has 126 valence electrons. The highest BCUT2D eigenvalue weighted by Gasteiger charge is 2.40. The zero-order valence-corrected chi connectivity index (χ0v) is 14.8. The van der Waals surface area contributed by atoms with Gasteiger partial charge in [-0.15, -0.1) is 0 Å². The van der Waals surface area contributed by atoms with Gasteiger partial charge in [0.05, 0.1) is 12.2 Å². The molecule has 2 fully saturated rings. The molecule has 1 aromatic carbocycles. The molecule has 23 heavy (non-hydrogen) atoms. The molecule has 0 saturated carbocycles. The summed E-state index contributed by atoms with van der Waals surface area (Å²) < 4.78 is 11.8. The number of ether oxygens (including phenoxy) is 2. The average Bonchev–Trinajstić information content (AvgIpc) is 3.21. The van der Waals surface area contributed by atoms with Crippen molar-refractivity contribution in [2.24, 2.45) is 0 Å². The summed E-state index contributed by atoms with van der Waals surface area (Å²) in [5.74, 6) is 3.52. The first-order valence-corrected chi connectivity index (χ1v) is 10.2. The molecule has 2 saturated heterocycles. The molecule has 3 nitrogen and oxygen atoms in total. The first kappa shape index (κ1) is 15.8. The smallest absolute Gasteiger partial charge is 0.122 e. The molecule has 0 aliphatic carbocycles. The molecule has 3 aliphatic heterocycles. The third-order valence-corrected chi connectivity index (χ3v) is 6.74. The quantitative estimate of drug-likeness (QED) is 0.910. The van der Waals surface area contributed by atoms with Gasteiger partial charge in [-0.25, -0.2) is 0 Å². The molecular weight excluding hydrogens is 306 g/mol. The van der Waals surface area contributed by atoms with Crippen molar-refractivity contribution < 1.29 is 9.47 Å². The van der Waals surface area contributed by atoms with Crippen LogP contribution >= 0.6 is 11.8 Å². The Kier molecular flexibility index (Phi) is 4.57. The Labute approximate surface area is 143 Å². The van der Waals surface area contributed by atoms with E-state index in [9.17, 15) is 0 Å². The van der Waals surface area contributed by atoms with Crippen LogP contribution in [0.15, 0.2) is 18.2 Å². The van der Waals surface area contributed by atoms with Crippen molar-refractivity contribution in [2.45, 2.75) is 56.7 Å². The van der Waals surface area contributed by atoms with Crippen molar-refractivity contribution in [3.63, 3.8) is 0 Å². The van der Waals surface area contributed by atoms with Crippen LogP contribution in [0.1, 0.15) is 49.8 Å². The largest absolute Gasteiger partial charge is 0.493 e. The van der Waals surface area contributed by atoms with Gasteiger partial charge >= 0.3 is 0 Å². The number of fused-ring (bicyclic) bond motifs is 1. The predicted octanol–water partition coefficient (Wildman–Crippen LogP) is 3.72. The monoisotopic (exact) mass is 333 g/mol. The van der Waals surface area contributed by atoms with Crippen LogP contribution in [0.3, 0.4) is 0 Å². The van der Waals surface area contributed by atoms with Crippen LogP contribution in [0.5, 0.6) is 5.75 Å². The van der Waals surface area contributed by atoms with Crippen molar-refractivity contribution in [1.82, 2.24) is 5.32 Å². The van der Waals surface area contributed by atoms with E-state index in [0.717, 1.165) is 38.2 Å². The Morgan fingerprint density at radius 3 is 3.17 bits per heavy atom. The summed E-state index contributed by atoms with van der Waals surface area (Å²) in [5.41, 5.74) is 2.95. The summed E-state index contributed by atoms with van der Waals surface area (Å²) >= 11 is 2.05. The van der Waals surface area contributed by atoms with E-state index < -0.39 is 0 Å². The van der Waals surface area contributed by atoms with E-state index in [4.69, 9.17) is 9.47 Å². The predicted molar refractivity (Wildman–Crippen MR) is 95.5 cm³/mol. The van der Waals surface area contributed by atoms with E-state index >= 15 is 0 Å². The zero-order valence-electron chi connectivity index (χ0n) is 14.0. The van der Waals surface area contributed by atoms with Gasteiger partial charge in [0.2, 0.25) is 0 Å². The summed E-state index contributed by atoms with van der Waals surface area (Å²) in [7, 11) is 0. The zero-order chi connectivity index (χ0) is 15.7. The summed E-state index contributed by atoms with van der Waals surface area (Å²) in [6, 6.07) is 7.77. The molecule has 1 N–H and O–H groups in total. The maximum Gasteiger partial charge on any atom is 0.122 e. The fourth-order valence-corrected chi connectivity index (χ4v) is 5.57. The van der Waals surface area contributed by atoms with E-state index in [2.05, 4.69) is 30.4 Å². The maximum absolute atomic E-state index is 6.16. The van der Waals surface area contributed by atoms with Gasteiger partial charge in [-0.3, -0.25) is 0 Å². The van der Waals surface area contributed by atoms with Gasteiger partial charge < -0.3 is 14.8 Å². The van der Waals surface area contributed by atoms with Crippen molar-refractivity contribution in [2.75, 3.05) is 24.7 Å². The molecule has 0 radical (unpaired) electrons. The molecule has 0 unspecified atom stereocenters. The van der Waals surface area contributed by atoms with E-state index in [1.54, 1.807) is 0 Å². The van der Waals surface area contributed by atoms with E-state index in [-0.39, 0.29) is 5.60 Å². The molecule has 3 atom stereocenters. The van der Waals surface area contributed by atoms with Crippen molar-refractivity contribution in [3.05, 3.63) is 29.3 Å². The molecule has 4 heteroatoms. The number of hydrogen-bond donors (Lipinski definition) is 1. The molecule has 3 heterocycles. The Bertz CT molecular complexity index is 556. The fraction of sp³-hybridized carbons (Fsp3) is 0.684. The van der Waals surface area contributed by atoms with Crippen LogP contribution in [0.2, 0.25) is 0 Å². The number of hydrogen-bond acceptors (Lipinski definition) is 4. The van der Waals surface area contributed by atoms with Crippen LogP contribution in [0.4, 0.5) is 0 Å². The number of nitrogens with one attached hydrogen (secondary N) is 1. The lowest BCUT2D eigenvalue weighted by atomic mass is 9.88. The number of thioether (sulfide) groups is 1. The van der Waals surface area contributed by atoms with Crippen LogP contribution < -0.4 is 10.1 Å². The maximum atomic E-state index is 6.16. The molecule has 0 amide bonds. The van der Waals surface area contributed by atoms with Crippen LogP contribution in [-0.4, -0.2) is 36.4 Å². The standard InChI is InChI=1S/C19H27NO2S/c1-2-17(14-3-4-18-15(11-14)5-8-21-18)20-16-6-9-22-19(12-16)7-10-23-13-19/h3-4,11,16-17,20H,2,5-10,12-13H2,1H3/t16-,17-,19+/m0/s1. The van der Waals surface area contributed by atoms with E-state index in [0.29, 0.717) is 12.1 Å². The van der Waals surface area contributed by atoms with Gasteiger partial charge in [0.15, 0.2) is 0 Å². The summed E-state index contributed by atoms with van der Waals surface area (Å²) in [4.78, 5) is 0. The van der Waals surface area contributed by atoms with Gasteiger partial charge in [0.25, 0.3) is 0 Å². The molecule has 1 spiro atoms. The lowest BCUT2D eigenvalue weighted by Crippen LogP contribution is -2.48. The minimum atomic E-state index is 0.157. The molecular formula is C19H27NO2S. The van der Waals surface area contributed by atoms with Crippen LogP contribution in [-0.2, 0) is 11.2 Å². The molecule has 1 aromatic rings. The van der Waals surface area contributed by atoms with E-state index in [1.807, 2.05) is 11.8 Å². The second-order valence-corrected chi connectivity index (χ2v) is 8.22. The van der Waals surface area contributed by atoms with Crippen LogP contribution in [0, 0.1) is 0 Å². The third kappa shape index (κ3) is 3.26. The third-order valence-electron chi connectivity index (χ3n) is 5.52. The second kappa shape index (κ2) is 6.66. The van der Waals surface area contributed by atoms with Gasteiger partial charge in [0, 0.05) is 30.9 Å². The summed E-state index contributed by atoms with van der Waals surface area (Å²) in [6.45, 7) is 4.03. The minimum Gasteiger partial charge on any atom is -0.493 e. The first-order valence-electron chi connectivity index (χ1n) is 9.01. The van der Waals surface area contributed by atoms with Crippen LogP contribution in [0.25, 0.3) is 0 Å². The highest BCUT2D eigenvalue weighted by molar-refractivity contribution is 7.99. The Morgan fingerprint density at radius 1 is 1.39 bits per heavy atom. The highest BCUT2D eigenvalue weighted by Crippen LogP contribution is 2.39. The van der Waals surface area contributed by atoms with Crippen molar-refractivity contribution >= 4 is 11.8 Å². The molecule has 4 rings (SSSR count). The molecule has 3 aliphatic rings. The average molecular weight is 333 g/mol. The summed E-state index contributed by atoms with van der Waals surface area (Å²) in [5, 5.41) is 3.93. The van der Waals surface area contributed by atoms with Crippen molar-refractivity contribution in [1.29, 1.82) is 0 Å². The van der Waals surface area contributed by atoms with Gasteiger partial charge in [-0.2, -0.15) is 11.8 Å². The Morgan fingerprint density at radius 2 is 2.35 bits per heavy atom. The summed E-state index contributed by atoms with van der Waals surface area (Å²) in [6.07, 6.45) is 5.71. The molecule has 0 bridgehead atoms. The second-order valence-electron chi connectivity index (χ2n) is 7.12. The van der Waals surface area contributed by atoms with E-state index in [1.165, 1.54) is 35.5 Å². The van der Waals surface area contributed by atoms with Gasteiger partial charge in [-0.05, 0) is 48.6 Å². The normalized spacial score (nSPS) is 31.1. The number of benzene rings is 1. The molecule has 0 aromatic heterocycles. The van der Waals surface area contributed by atoms with Gasteiger partial charge in [0.1, 0.15) is 5.75 Å². The Hall–Kier alpha value is -0.710. The fourth-order valence-electron chi connectivity index (χ4n) is 4.19. The van der Waals surface area contributed by atoms with Crippen molar-refractivity contribution in [3.8, 4) is 5.75 Å². The lowest BCUT2D eigenvalue weighted by Gasteiger charge is -2.39. The Balaban J connectivity index is 1.45. The SMILES string of the molecule is CC[C@H](N[C@H]1CCO[C@]2(CCSC2)C1)c1ccc2c(c1)CCO2. The first-order chi connectivity index (χ1) is 11.3. The number of rotatable bonds is 4. The van der Waals surface area contributed by atoms with Gasteiger partial charge in [-0.1, -0.05) is 19.1 Å². The highest BCUT2D eigenvalue weighted by atomic mass is 32.2. The topological polar surface area (TPSA) is 30.5 Å².